The molecule has 3 aromatic carbocycles. The van der Waals surface area contributed by atoms with E-state index in [2.05, 4.69) is 10.6 Å². The van der Waals surface area contributed by atoms with Gasteiger partial charge in [0.25, 0.3) is 0 Å². The van der Waals surface area contributed by atoms with Crippen molar-refractivity contribution in [3.8, 4) is 11.5 Å². The number of rotatable bonds is 7. The summed E-state index contributed by atoms with van der Waals surface area (Å²) in [6.45, 7) is 0.634. The molecule has 2 N–H and O–H groups in total. The van der Waals surface area contributed by atoms with Crippen LogP contribution >= 0.6 is 0 Å². The first-order valence-electron chi connectivity index (χ1n) is 11.4. The van der Waals surface area contributed by atoms with E-state index >= 15 is 0 Å². The highest BCUT2D eigenvalue weighted by atomic mass is 19.1. The van der Waals surface area contributed by atoms with E-state index < -0.39 is 6.04 Å². The molecule has 1 atom stereocenters. The molecule has 0 unspecified atom stereocenters. The fourth-order valence-electron chi connectivity index (χ4n) is 4.30. The second-order valence-corrected chi connectivity index (χ2v) is 8.20. The van der Waals surface area contributed by atoms with E-state index in [1.54, 1.807) is 43.4 Å². The highest BCUT2D eigenvalue weighted by Crippen LogP contribution is 2.41. The van der Waals surface area contributed by atoms with Gasteiger partial charge in [-0.3, -0.25) is 4.79 Å². The van der Waals surface area contributed by atoms with E-state index in [0.717, 1.165) is 16.7 Å². The molecule has 3 amide bonds. The molecule has 0 spiro atoms. The van der Waals surface area contributed by atoms with Crippen LogP contribution in [0.1, 0.15) is 29.2 Å². The lowest BCUT2D eigenvalue weighted by Crippen LogP contribution is -2.46. The molecule has 1 aliphatic rings. The van der Waals surface area contributed by atoms with Crippen LogP contribution in [0.4, 0.5) is 14.9 Å². The van der Waals surface area contributed by atoms with Crippen molar-refractivity contribution < 1.29 is 23.5 Å². The van der Waals surface area contributed by atoms with Crippen LogP contribution in [0.5, 0.6) is 11.5 Å². The number of nitrogens with zero attached hydrogens (tertiary/aromatic N) is 1. The minimum atomic E-state index is -0.447. The molecule has 0 aliphatic carbocycles. The highest BCUT2D eigenvalue weighted by molar-refractivity contribution is 5.91. The predicted octanol–water partition coefficient (Wildman–Crippen LogP) is 4.53. The molecule has 0 aromatic heterocycles. The third-order valence-corrected chi connectivity index (χ3v) is 6.01. The molecule has 182 valence electrons. The number of anilines is 1. The van der Waals surface area contributed by atoms with Gasteiger partial charge in [0, 0.05) is 25.2 Å². The van der Waals surface area contributed by atoms with Crippen molar-refractivity contribution >= 4 is 17.6 Å². The van der Waals surface area contributed by atoms with E-state index in [-0.39, 0.29) is 30.7 Å². The van der Waals surface area contributed by atoms with E-state index in [0.29, 0.717) is 30.2 Å². The van der Waals surface area contributed by atoms with Crippen LogP contribution in [0.25, 0.3) is 0 Å². The van der Waals surface area contributed by atoms with Crippen molar-refractivity contribution in [1.82, 2.24) is 10.2 Å². The van der Waals surface area contributed by atoms with E-state index in [1.807, 2.05) is 30.3 Å². The van der Waals surface area contributed by atoms with E-state index in [9.17, 15) is 14.0 Å². The molecule has 0 bridgehead atoms. The number of nitrogens with one attached hydrogen (secondary N) is 2. The zero-order valence-corrected chi connectivity index (χ0v) is 19.7. The zero-order chi connectivity index (χ0) is 24.8. The van der Waals surface area contributed by atoms with Crippen LogP contribution in [-0.4, -0.2) is 44.1 Å². The van der Waals surface area contributed by atoms with Crippen LogP contribution in [0.15, 0.2) is 66.7 Å². The monoisotopic (exact) mass is 477 g/mol. The average Bonchev–Trinajstić information content (AvgIpc) is 2.88. The van der Waals surface area contributed by atoms with Gasteiger partial charge < -0.3 is 25.0 Å². The Balaban J connectivity index is 1.52. The average molecular weight is 478 g/mol. The van der Waals surface area contributed by atoms with E-state index in [4.69, 9.17) is 9.47 Å². The molecule has 8 heteroatoms. The molecule has 35 heavy (non-hydrogen) atoms. The maximum absolute atomic E-state index is 13.7. The summed E-state index contributed by atoms with van der Waals surface area (Å²) in [6, 6.07) is 18.3. The highest BCUT2D eigenvalue weighted by Gasteiger charge is 2.33. The lowest BCUT2D eigenvalue weighted by Gasteiger charge is -2.38. The van der Waals surface area contributed by atoms with Gasteiger partial charge in [0.1, 0.15) is 5.82 Å². The molecular weight excluding hydrogens is 449 g/mol. The number of fused-ring (bicyclic) bond motifs is 1. The minimum absolute atomic E-state index is 0.136. The summed E-state index contributed by atoms with van der Waals surface area (Å²) in [5, 5.41) is 5.66. The van der Waals surface area contributed by atoms with Gasteiger partial charge >= 0.3 is 6.03 Å². The molecule has 1 aliphatic heterocycles. The third kappa shape index (κ3) is 5.54. The molecule has 0 saturated carbocycles. The summed E-state index contributed by atoms with van der Waals surface area (Å²) in [5.41, 5.74) is 3.40. The second kappa shape index (κ2) is 10.9. The van der Waals surface area contributed by atoms with Gasteiger partial charge in [0.05, 0.1) is 20.3 Å². The van der Waals surface area contributed by atoms with Gasteiger partial charge in [-0.25, -0.2) is 9.18 Å². The number of methoxy groups -OCH3 is 2. The number of carbonyl (C=O) groups excluding carboxylic acids is 2. The number of carbonyl (C=O) groups is 2. The van der Waals surface area contributed by atoms with Crippen molar-refractivity contribution in [2.24, 2.45) is 0 Å². The lowest BCUT2D eigenvalue weighted by atomic mass is 9.88. The van der Waals surface area contributed by atoms with E-state index in [1.165, 1.54) is 12.1 Å². The molecule has 1 heterocycles. The van der Waals surface area contributed by atoms with Gasteiger partial charge in [-0.1, -0.05) is 30.3 Å². The van der Waals surface area contributed by atoms with Crippen LogP contribution in [-0.2, 0) is 11.2 Å². The smallest absolute Gasteiger partial charge is 0.318 e. The summed E-state index contributed by atoms with van der Waals surface area (Å²) in [4.78, 5) is 27.2. The molecule has 7 nitrogen and oxygen atoms in total. The Morgan fingerprint density at radius 1 is 1.00 bits per heavy atom. The molecule has 0 radical (unpaired) electrons. The number of urea groups is 1. The summed E-state index contributed by atoms with van der Waals surface area (Å²) < 4.78 is 24.6. The van der Waals surface area contributed by atoms with Crippen LogP contribution in [0.3, 0.4) is 0 Å². The molecule has 3 aromatic rings. The number of hydrogen-bond donors (Lipinski definition) is 2. The van der Waals surface area contributed by atoms with Gasteiger partial charge in [0.15, 0.2) is 11.5 Å². The fourth-order valence-corrected chi connectivity index (χ4v) is 4.30. The Morgan fingerprint density at radius 2 is 1.69 bits per heavy atom. The molecule has 0 fully saturated rings. The van der Waals surface area contributed by atoms with Crippen molar-refractivity contribution in [3.63, 3.8) is 0 Å². The lowest BCUT2D eigenvalue weighted by molar-refractivity contribution is -0.116. The normalized spacial score (nSPS) is 14.6. The molecule has 0 saturated heterocycles. The Morgan fingerprint density at radius 3 is 2.37 bits per heavy atom. The zero-order valence-electron chi connectivity index (χ0n) is 19.7. The van der Waals surface area contributed by atoms with Crippen molar-refractivity contribution in [1.29, 1.82) is 0 Å². The van der Waals surface area contributed by atoms with Crippen molar-refractivity contribution in [3.05, 3.63) is 89.2 Å². The summed E-state index contributed by atoms with van der Waals surface area (Å²) in [7, 11) is 3.14. The quantitative estimate of drug-likeness (QED) is 0.524. The second-order valence-electron chi connectivity index (χ2n) is 8.20. The maximum atomic E-state index is 13.7. The van der Waals surface area contributed by atoms with Gasteiger partial charge in [-0.15, -0.1) is 0 Å². The SMILES string of the molecule is COc1cc2c(cc1OC)[C@@H](c1ccc(F)cc1)N(C(=O)NCCC(=O)Nc1ccccc1)CC2. The van der Waals surface area contributed by atoms with Crippen molar-refractivity contribution in [2.45, 2.75) is 18.9 Å². The first-order valence-corrected chi connectivity index (χ1v) is 11.4. The largest absolute Gasteiger partial charge is 0.493 e. The summed E-state index contributed by atoms with van der Waals surface area (Å²) in [5.74, 6) is 0.634. The van der Waals surface area contributed by atoms with Crippen LogP contribution in [0.2, 0.25) is 0 Å². The van der Waals surface area contributed by atoms with Crippen molar-refractivity contribution in [2.75, 3.05) is 32.6 Å². The molecule has 4 rings (SSSR count). The Hall–Kier alpha value is -4.07. The van der Waals surface area contributed by atoms with Gasteiger partial charge in [-0.2, -0.15) is 0 Å². The number of benzene rings is 3. The molecular formula is C27H28FN3O4. The number of para-hydroxylation sites is 1. The minimum Gasteiger partial charge on any atom is -0.493 e. The summed E-state index contributed by atoms with van der Waals surface area (Å²) in [6.07, 6.45) is 0.757. The maximum Gasteiger partial charge on any atom is 0.318 e. The summed E-state index contributed by atoms with van der Waals surface area (Å²) >= 11 is 0. The first kappa shape index (κ1) is 24.1. The van der Waals surface area contributed by atoms with Crippen LogP contribution in [0, 0.1) is 5.82 Å². The Labute approximate surface area is 203 Å². The Bertz CT molecular complexity index is 1190. The number of ether oxygens (including phenoxy) is 2. The van der Waals surface area contributed by atoms with Crippen LogP contribution < -0.4 is 20.1 Å². The predicted molar refractivity (Wildman–Crippen MR) is 131 cm³/mol. The standard InChI is InChI=1S/C27H28FN3O4/c1-34-23-16-19-13-15-31(27(33)29-14-12-25(32)30-21-6-4-3-5-7-21)26(22(19)17-24(23)35-2)18-8-10-20(28)11-9-18/h3-11,16-17,26H,12-15H2,1-2H3,(H,29,33)(H,30,32)/t26-/m1/s1. The number of hydrogen-bond acceptors (Lipinski definition) is 4. The fraction of sp³-hybridized carbons (Fsp3) is 0.259. The topological polar surface area (TPSA) is 79.9 Å². The van der Waals surface area contributed by atoms with Gasteiger partial charge in [-0.05, 0) is 59.5 Å². The first-order chi connectivity index (χ1) is 17.0. The number of halogens is 1. The number of amides is 3. The third-order valence-electron chi connectivity index (χ3n) is 6.01. The van der Waals surface area contributed by atoms with Gasteiger partial charge in [0.2, 0.25) is 5.91 Å². The Kier molecular flexibility index (Phi) is 7.50.